The zero-order valence-electron chi connectivity index (χ0n) is 15.9. The molecule has 30 heavy (non-hydrogen) atoms. The first-order valence-corrected chi connectivity index (χ1v) is 11.2. The Morgan fingerprint density at radius 1 is 1.23 bits per heavy atom. The van der Waals surface area contributed by atoms with Gasteiger partial charge in [0.15, 0.2) is 0 Å². The fourth-order valence-corrected chi connectivity index (χ4v) is 4.41. The van der Waals surface area contributed by atoms with E-state index < -0.39 is 10.0 Å². The average Bonchev–Trinajstić information content (AvgIpc) is 3.17. The lowest BCUT2D eigenvalue weighted by Gasteiger charge is -2.14. The van der Waals surface area contributed by atoms with Crippen LogP contribution in [0.1, 0.15) is 0 Å². The summed E-state index contributed by atoms with van der Waals surface area (Å²) in [5.74, 6) is -0.286. The maximum absolute atomic E-state index is 12.3. The zero-order chi connectivity index (χ0) is 21.9. The topological polar surface area (TPSA) is 130 Å². The van der Waals surface area contributed by atoms with E-state index in [4.69, 9.17) is 11.6 Å². The molecular weight excluding hydrogens is 452 g/mol. The lowest BCUT2D eigenvalue weighted by molar-refractivity contribution is -0.113. The molecule has 2 N–H and O–H groups in total. The number of phenols is 1. The summed E-state index contributed by atoms with van der Waals surface area (Å²) in [6, 6.07) is 10.5. The van der Waals surface area contributed by atoms with Crippen molar-refractivity contribution in [2.24, 2.45) is 0 Å². The van der Waals surface area contributed by atoms with Crippen LogP contribution in [0.5, 0.6) is 5.75 Å². The number of hydrogen-bond acceptors (Lipinski definition) is 8. The Labute approximate surface area is 181 Å². The normalized spacial score (nSPS) is 11.6. The van der Waals surface area contributed by atoms with Gasteiger partial charge in [-0.25, -0.2) is 12.7 Å². The van der Waals surface area contributed by atoms with Crippen LogP contribution in [-0.4, -0.2) is 63.8 Å². The van der Waals surface area contributed by atoms with E-state index in [0.717, 1.165) is 16.1 Å². The summed E-state index contributed by atoms with van der Waals surface area (Å²) in [6.07, 6.45) is 0. The van der Waals surface area contributed by atoms with E-state index >= 15 is 0 Å². The SMILES string of the molecule is CN(C)S(=O)(=O)c1cc(NC(=O)CSc2nnnn2-c2ccc(O)cc2)ccc1Cl. The second-order valence-electron chi connectivity index (χ2n) is 6.16. The summed E-state index contributed by atoms with van der Waals surface area (Å²) in [4.78, 5) is 12.2. The quantitative estimate of drug-likeness (QED) is 0.503. The number of benzene rings is 2. The molecule has 0 aliphatic carbocycles. The summed E-state index contributed by atoms with van der Waals surface area (Å²) in [6.45, 7) is 0. The number of carbonyl (C=O) groups excluding carboxylic acids is 1. The van der Waals surface area contributed by atoms with E-state index in [1.165, 1.54) is 49.1 Å². The Morgan fingerprint density at radius 2 is 1.93 bits per heavy atom. The van der Waals surface area contributed by atoms with Crippen molar-refractivity contribution in [1.82, 2.24) is 24.5 Å². The van der Waals surface area contributed by atoms with Crippen LogP contribution in [0.3, 0.4) is 0 Å². The number of thioether (sulfide) groups is 1. The number of nitrogens with zero attached hydrogens (tertiary/aromatic N) is 5. The largest absolute Gasteiger partial charge is 0.508 e. The molecule has 0 saturated carbocycles. The molecule has 3 rings (SSSR count). The first kappa shape index (κ1) is 22.0. The van der Waals surface area contributed by atoms with Crippen molar-refractivity contribution in [3.05, 3.63) is 47.5 Å². The molecule has 13 heteroatoms. The maximum atomic E-state index is 12.3. The number of carbonyl (C=O) groups is 1. The van der Waals surface area contributed by atoms with Crippen molar-refractivity contribution in [1.29, 1.82) is 0 Å². The van der Waals surface area contributed by atoms with Crippen molar-refractivity contribution < 1.29 is 18.3 Å². The van der Waals surface area contributed by atoms with Crippen LogP contribution in [0.4, 0.5) is 5.69 Å². The number of sulfonamides is 1. The molecule has 158 valence electrons. The first-order valence-electron chi connectivity index (χ1n) is 8.41. The second-order valence-corrected chi connectivity index (χ2v) is 9.63. The highest BCUT2D eigenvalue weighted by Crippen LogP contribution is 2.27. The van der Waals surface area contributed by atoms with Crippen molar-refractivity contribution >= 4 is 45.0 Å². The average molecular weight is 469 g/mol. The molecule has 0 saturated heterocycles. The van der Waals surface area contributed by atoms with Crippen LogP contribution in [-0.2, 0) is 14.8 Å². The van der Waals surface area contributed by atoms with Crippen LogP contribution < -0.4 is 5.32 Å². The molecule has 0 atom stereocenters. The molecule has 0 aliphatic rings. The third-order valence-corrected chi connectivity index (χ3v) is 7.06. The number of halogens is 1. The van der Waals surface area contributed by atoms with Gasteiger partial charge in [0, 0.05) is 19.8 Å². The molecule has 1 heterocycles. The minimum atomic E-state index is -3.76. The maximum Gasteiger partial charge on any atom is 0.244 e. The lowest BCUT2D eigenvalue weighted by atomic mass is 10.3. The molecule has 10 nitrogen and oxygen atoms in total. The Balaban J connectivity index is 1.69. The minimum Gasteiger partial charge on any atom is -0.508 e. The first-order chi connectivity index (χ1) is 14.2. The van der Waals surface area contributed by atoms with Gasteiger partial charge >= 0.3 is 0 Å². The third-order valence-electron chi connectivity index (χ3n) is 3.84. The second kappa shape index (κ2) is 9.00. The summed E-state index contributed by atoms with van der Waals surface area (Å²) < 4.78 is 27.2. The Bertz CT molecular complexity index is 1170. The van der Waals surface area contributed by atoms with Gasteiger partial charge in [-0.15, -0.1) is 5.10 Å². The van der Waals surface area contributed by atoms with Crippen LogP contribution in [0.2, 0.25) is 5.02 Å². The molecule has 1 aromatic heterocycles. The summed E-state index contributed by atoms with van der Waals surface area (Å²) >= 11 is 7.11. The predicted octanol–water partition coefficient (Wildman–Crippen LogP) is 2.00. The van der Waals surface area contributed by atoms with Gasteiger partial charge < -0.3 is 10.4 Å². The van der Waals surface area contributed by atoms with Gasteiger partial charge in [-0.05, 0) is 52.9 Å². The van der Waals surface area contributed by atoms with Gasteiger partial charge in [-0.3, -0.25) is 4.79 Å². The van der Waals surface area contributed by atoms with Gasteiger partial charge in [0.1, 0.15) is 10.6 Å². The standard InChI is InChI=1S/C17H17ClN6O4S2/c1-23(2)30(27,28)15-9-11(3-8-14(15)18)19-16(26)10-29-17-20-21-22-24(17)12-4-6-13(25)7-5-12/h3-9,25H,10H2,1-2H3,(H,19,26). The van der Waals surface area contributed by atoms with E-state index in [1.54, 1.807) is 12.1 Å². The van der Waals surface area contributed by atoms with Gasteiger partial charge in [-0.1, -0.05) is 23.4 Å². The van der Waals surface area contributed by atoms with Gasteiger partial charge in [-0.2, -0.15) is 4.68 Å². The molecule has 0 aliphatic heterocycles. The number of nitrogens with one attached hydrogen (secondary N) is 1. The minimum absolute atomic E-state index is 0.0170. The molecule has 0 unspecified atom stereocenters. The van der Waals surface area contributed by atoms with E-state index in [2.05, 4.69) is 20.8 Å². The predicted molar refractivity (Wildman–Crippen MR) is 112 cm³/mol. The number of hydrogen-bond donors (Lipinski definition) is 2. The van der Waals surface area contributed by atoms with Crippen molar-refractivity contribution in [3.8, 4) is 11.4 Å². The Hall–Kier alpha value is -2.67. The number of rotatable bonds is 7. The van der Waals surface area contributed by atoms with Crippen LogP contribution in [0.15, 0.2) is 52.5 Å². The number of anilines is 1. The highest BCUT2D eigenvalue weighted by Gasteiger charge is 2.21. The Morgan fingerprint density at radius 3 is 2.60 bits per heavy atom. The Kier molecular flexibility index (Phi) is 6.61. The molecule has 0 radical (unpaired) electrons. The molecule has 0 bridgehead atoms. The van der Waals surface area contributed by atoms with E-state index in [0.29, 0.717) is 16.5 Å². The third kappa shape index (κ3) is 4.90. The fraction of sp³-hybridized carbons (Fsp3) is 0.176. The molecular formula is C17H17ClN6O4S2. The summed E-state index contributed by atoms with van der Waals surface area (Å²) in [5.41, 5.74) is 0.917. The smallest absolute Gasteiger partial charge is 0.244 e. The van der Waals surface area contributed by atoms with Crippen molar-refractivity contribution in [3.63, 3.8) is 0 Å². The number of aromatic hydroxyl groups is 1. The number of aromatic nitrogens is 4. The fourth-order valence-electron chi connectivity index (χ4n) is 2.33. The molecule has 1 amide bonds. The number of tetrazole rings is 1. The number of phenolic OH excluding ortho intramolecular Hbond substituents is 1. The van der Waals surface area contributed by atoms with E-state index in [-0.39, 0.29) is 27.3 Å². The molecule has 2 aromatic carbocycles. The zero-order valence-corrected chi connectivity index (χ0v) is 18.2. The van der Waals surface area contributed by atoms with E-state index in [9.17, 15) is 18.3 Å². The molecule has 0 fully saturated rings. The van der Waals surface area contributed by atoms with Crippen LogP contribution in [0, 0.1) is 0 Å². The van der Waals surface area contributed by atoms with E-state index in [1.807, 2.05) is 0 Å². The highest BCUT2D eigenvalue weighted by molar-refractivity contribution is 7.99. The van der Waals surface area contributed by atoms with Crippen LogP contribution in [0.25, 0.3) is 5.69 Å². The van der Waals surface area contributed by atoms with Crippen LogP contribution >= 0.6 is 23.4 Å². The van der Waals surface area contributed by atoms with Gasteiger partial charge in [0.25, 0.3) is 0 Å². The molecule has 0 spiro atoms. The lowest BCUT2D eigenvalue weighted by Crippen LogP contribution is -2.23. The summed E-state index contributed by atoms with van der Waals surface area (Å²) in [7, 11) is -0.966. The van der Waals surface area contributed by atoms with Gasteiger partial charge in [0.2, 0.25) is 21.1 Å². The molecule has 3 aromatic rings. The summed E-state index contributed by atoms with van der Waals surface area (Å²) in [5, 5.41) is 23.8. The van der Waals surface area contributed by atoms with Crippen molar-refractivity contribution in [2.45, 2.75) is 10.1 Å². The number of amides is 1. The monoisotopic (exact) mass is 468 g/mol. The van der Waals surface area contributed by atoms with Gasteiger partial charge in [0.05, 0.1) is 16.5 Å². The van der Waals surface area contributed by atoms with Crippen molar-refractivity contribution in [2.75, 3.05) is 25.2 Å². The highest BCUT2D eigenvalue weighted by atomic mass is 35.5.